The maximum absolute atomic E-state index is 12.5. The Kier molecular flexibility index (Phi) is 4.50. The first kappa shape index (κ1) is 17.3. The molecule has 132 valence electrons. The van der Waals surface area contributed by atoms with Gasteiger partial charge in [-0.1, -0.05) is 12.1 Å². The normalized spacial score (nSPS) is 12.6. The molecule has 26 heavy (non-hydrogen) atoms. The Morgan fingerprint density at radius 2 is 1.65 bits per heavy atom. The molecule has 7 nitrogen and oxygen atoms in total. The van der Waals surface area contributed by atoms with Gasteiger partial charge in [0.2, 0.25) is 5.78 Å². The average molecular weight is 350 g/mol. The van der Waals surface area contributed by atoms with E-state index in [1.54, 1.807) is 53.8 Å². The summed E-state index contributed by atoms with van der Waals surface area (Å²) >= 11 is 0. The lowest BCUT2D eigenvalue weighted by molar-refractivity contribution is -0.118. The van der Waals surface area contributed by atoms with Crippen LogP contribution in [0, 0.1) is 11.3 Å². The van der Waals surface area contributed by atoms with Crippen LogP contribution in [-0.2, 0) is 16.6 Å². The standard InChI is InChI=1S/C19H18N4O3/c1-21-10-6-9-16(21)19(25)26-12-17(24)13(11-20)18-22(2)14-7-4-5-8-15(14)23(18)3/h4-10H,12H2,1-3H3. The summed E-state index contributed by atoms with van der Waals surface area (Å²) in [6, 6.07) is 12.9. The van der Waals surface area contributed by atoms with Gasteiger partial charge in [0.1, 0.15) is 23.2 Å². The highest BCUT2D eigenvalue weighted by Crippen LogP contribution is 2.40. The predicted molar refractivity (Wildman–Crippen MR) is 96.6 cm³/mol. The van der Waals surface area contributed by atoms with Crippen molar-refractivity contribution >= 4 is 23.1 Å². The fourth-order valence-corrected chi connectivity index (χ4v) is 3.01. The number of ether oxygens (including phenoxy) is 1. The van der Waals surface area contributed by atoms with Gasteiger partial charge in [-0.05, 0) is 24.3 Å². The van der Waals surface area contributed by atoms with Crippen molar-refractivity contribution in [3.8, 4) is 6.07 Å². The van der Waals surface area contributed by atoms with Crippen molar-refractivity contribution in [1.29, 1.82) is 5.26 Å². The molecule has 0 saturated heterocycles. The van der Waals surface area contributed by atoms with Gasteiger partial charge < -0.3 is 19.1 Å². The van der Waals surface area contributed by atoms with Crippen LogP contribution in [-0.4, -0.2) is 37.0 Å². The lowest BCUT2D eigenvalue weighted by atomic mass is 10.2. The number of aromatic nitrogens is 1. The number of hydrogen-bond acceptors (Lipinski definition) is 6. The molecule has 0 saturated carbocycles. The summed E-state index contributed by atoms with van der Waals surface area (Å²) in [6.07, 6.45) is 1.71. The van der Waals surface area contributed by atoms with E-state index in [1.165, 1.54) is 0 Å². The Balaban J connectivity index is 1.82. The molecular formula is C19H18N4O3. The summed E-state index contributed by atoms with van der Waals surface area (Å²) < 4.78 is 6.69. The molecule has 2 heterocycles. The number of Topliss-reactive ketones (excluding diaryl/α,β-unsaturated/α-hetero) is 1. The van der Waals surface area contributed by atoms with Crippen molar-refractivity contribution in [2.45, 2.75) is 0 Å². The van der Waals surface area contributed by atoms with Gasteiger partial charge in [0.25, 0.3) is 0 Å². The number of anilines is 2. The highest BCUT2D eigenvalue weighted by Gasteiger charge is 2.31. The molecule has 0 N–H and O–H groups in total. The predicted octanol–water partition coefficient (Wildman–Crippen LogP) is 2.07. The largest absolute Gasteiger partial charge is 0.453 e. The molecule has 0 bridgehead atoms. The van der Waals surface area contributed by atoms with Crippen LogP contribution in [0.3, 0.4) is 0 Å². The monoisotopic (exact) mass is 350 g/mol. The fourth-order valence-electron chi connectivity index (χ4n) is 3.01. The van der Waals surface area contributed by atoms with Crippen molar-refractivity contribution in [1.82, 2.24) is 4.57 Å². The van der Waals surface area contributed by atoms with E-state index in [2.05, 4.69) is 0 Å². The molecule has 0 spiro atoms. The number of aryl methyl sites for hydroxylation is 1. The molecule has 1 aliphatic heterocycles. The van der Waals surface area contributed by atoms with E-state index in [0.717, 1.165) is 11.4 Å². The molecule has 0 aliphatic carbocycles. The Bertz CT molecular complexity index is 921. The average Bonchev–Trinajstić information content (AvgIpc) is 3.17. The van der Waals surface area contributed by atoms with Crippen LogP contribution in [0.25, 0.3) is 0 Å². The van der Waals surface area contributed by atoms with E-state index in [1.807, 2.05) is 30.3 Å². The lowest BCUT2D eigenvalue weighted by Crippen LogP contribution is -2.28. The van der Waals surface area contributed by atoms with E-state index in [9.17, 15) is 14.9 Å². The maximum atomic E-state index is 12.5. The first-order valence-electron chi connectivity index (χ1n) is 7.98. The van der Waals surface area contributed by atoms with Crippen LogP contribution in [0.1, 0.15) is 10.5 Å². The second-order valence-electron chi connectivity index (χ2n) is 5.92. The summed E-state index contributed by atoms with van der Waals surface area (Å²) in [5.41, 5.74) is 2.08. The minimum absolute atomic E-state index is 0.0501. The number of rotatable bonds is 4. The van der Waals surface area contributed by atoms with Crippen molar-refractivity contribution in [2.75, 3.05) is 30.5 Å². The van der Waals surface area contributed by atoms with Crippen molar-refractivity contribution in [3.05, 3.63) is 59.7 Å². The third kappa shape index (κ3) is 2.82. The van der Waals surface area contributed by atoms with Crippen LogP contribution in [0.5, 0.6) is 0 Å². The molecule has 1 aromatic heterocycles. The molecular weight excluding hydrogens is 332 g/mol. The zero-order valence-electron chi connectivity index (χ0n) is 14.8. The van der Waals surface area contributed by atoms with Gasteiger partial charge in [-0.25, -0.2) is 4.79 Å². The molecule has 0 amide bonds. The minimum Gasteiger partial charge on any atom is -0.453 e. The number of carbonyl (C=O) groups is 2. The van der Waals surface area contributed by atoms with E-state index < -0.39 is 18.4 Å². The number of nitriles is 1. The van der Waals surface area contributed by atoms with Crippen molar-refractivity contribution < 1.29 is 14.3 Å². The Morgan fingerprint density at radius 1 is 1.04 bits per heavy atom. The second kappa shape index (κ2) is 6.76. The topological polar surface area (TPSA) is 78.6 Å². The summed E-state index contributed by atoms with van der Waals surface area (Å²) in [4.78, 5) is 28.2. The third-order valence-corrected chi connectivity index (χ3v) is 4.34. The minimum atomic E-state index is -0.607. The van der Waals surface area contributed by atoms with E-state index >= 15 is 0 Å². The van der Waals surface area contributed by atoms with Gasteiger partial charge in [-0.2, -0.15) is 5.26 Å². The van der Waals surface area contributed by atoms with Crippen molar-refractivity contribution in [3.63, 3.8) is 0 Å². The number of ketones is 1. The molecule has 7 heteroatoms. The molecule has 1 aromatic carbocycles. The maximum Gasteiger partial charge on any atom is 0.355 e. The summed E-state index contributed by atoms with van der Waals surface area (Å²) in [7, 11) is 5.29. The van der Waals surface area contributed by atoms with Crippen LogP contribution in [0.4, 0.5) is 11.4 Å². The molecule has 1 aliphatic rings. The van der Waals surface area contributed by atoms with Gasteiger partial charge in [0.05, 0.1) is 11.4 Å². The number of carbonyl (C=O) groups excluding carboxylic acids is 2. The SMILES string of the molecule is CN1C(=C(C#N)C(=O)COC(=O)c2cccn2C)N(C)c2ccccc21. The van der Waals surface area contributed by atoms with Gasteiger partial charge in [-0.3, -0.25) is 4.79 Å². The zero-order chi connectivity index (χ0) is 18.8. The van der Waals surface area contributed by atoms with Crippen molar-refractivity contribution in [2.24, 2.45) is 7.05 Å². The Morgan fingerprint density at radius 3 is 2.15 bits per heavy atom. The first-order chi connectivity index (χ1) is 12.5. The quantitative estimate of drug-likeness (QED) is 0.477. The summed E-state index contributed by atoms with van der Waals surface area (Å²) in [5, 5.41) is 9.54. The van der Waals surface area contributed by atoms with E-state index in [4.69, 9.17) is 4.74 Å². The number of para-hydroxylation sites is 2. The molecule has 3 rings (SSSR count). The second-order valence-corrected chi connectivity index (χ2v) is 5.92. The van der Waals surface area contributed by atoms with Gasteiger partial charge in [-0.15, -0.1) is 0 Å². The number of benzene rings is 1. The number of fused-ring (bicyclic) bond motifs is 1. The summed E-state index contributed by atoms with van der Waals surface area (Å²) in [5.74, 6) is -0.685. The smallest absolute Gasteiger partial charge is 0.355 e. The number of nitrogens with zero attached hydrogens (tertiary/aromatic N) is 4. The lowest BCUT2D eigenvalue weighted by Gasteiger charge is -2.19. The summed E-state index contributed by atoms with van der Waals surface area (Å²) in [6.45, 7) is -0.492. The van der Waals surface area contributed by atoms with Gasteiger partial charge >= 0.3 is 5.97 Å². The van der Waals surface area contributed by atoms with Gasteiger partial charge in [0.15, 0.2) is 6.61 Å². The van der Waals surface area contributed by atoms with Crippen LogP contribution >= 0.6 is 0 Å². The first-order valence-corrected chi connectivity index (χ1v) is 7.98. The molecule has 0 radical (unpaired) electrons. The van der Waals surface area contributed by atoms with Gasteiger partial charge in [0, 0.05) is 27.3 Å². The number of hydrogen-bond donors (Lipinski definition) is 0. The molecule has 0 fully saturated rings. The Labute approximate surface area is 151 Å². The van der Waals surface area contributed by atoms with Crippen LogP contribution < -0.4 is 9.80 Å². The third-order valence-electron chi connectivity index (χ3n) is 4.34. The fraction of sp³-hybridized carbons (Fsp3) is 0.211. The van der Waals surface area contributed by atoms with Crippen LogP contribution in [0.15, 0.2) is 54.0 Å². The molecule has 2 aromatic rings. The Hall–Kier alpha value is -3.53. The van der Waals surface area contributed by atoms with E-state index in [0.29, 0.717) is 11.5 Å². The highest BCUT2D eigenvalue weighted by molar-refractivity contribution is 6.04. The van der Waals surface area contributed by atoms with Crippen LogP contribution in [0.2, 0.25) is 0 Å². The molecule has 0 unspecified atom stereocenters. The highest BCUT2D eigenvalue weighted by atomic mass is 16.5. The molecule has 0 atom stereocenters. The number of esters is 1. The zero-order valence-corrected chi connectivity index (χ0v) is 14.8. The van der Waals surface area contributed by atoms with E-state index in [-0.39, 0.29) is 5.57 Å².